The van der Waals surface area contributed by atoms with Gasteiger partial charge in [-0.05, 0) is 29.9 Å². The summed E-state index contributed by atoms with van der Waals surface area (Å²) in [4.78, 5) is 12.0. The van der Waals surface area contributed by atoms with E-state index in [1.54, 1.807) is 5.38 Å². The van der Waals surface area contributed by atoms with E-state index in [0.29, 0.717) is 6.54 Å². The van der Waals surface area contributed by atoms with Crippen LogP contribution in [0.15, 0.2) is 46.7 Å². The molecule has 0 atom stereocenters. The molecule has 23 heavy (non-hydrogen) atoms. The highest BCUT2D eigenvalue weighted by Gasteiger charge is 2.40. The van der Waals surface area contributed by atoms with Gasteiger partial charge in [0.25, 0.3) is 0 Å². The molecule has 7 heteroatoms. The van der Waals surface area contributed by atoms with Crippen LogP contribution in [0.1, 0.15) is 28.1 Å². The smallest absolute Gasteiger partial charge is 0.349 e. The van der Waals surface area contributed by atoms with E-state index in [4.69, 9.17) is 4.74 Å². The maximum absolute atomic E-state index is 13.0. The second-order valence-electron chi connectivity index (χ2n) is 5.37. The monoisotopic (exact) mass is 351 g/mol. The van der Waals surface area contributed by atoms with E-state index in [2.05, 4.69) is 0 Å². The molecule has 0 aliphatic heterocycles. The summed E-state index contributed by atoms with van der Waals surface area (Å²) in [6.07, 6.45) is 1.70. The predicted molar refractivity (Wildman–Crippen MR) is 87.9 cm³/mol. The Labute approximate surface area is 139 Å². The number of ether oxygens (including phenoxy) is 1. The van der Waals surface area contributed by atoms with Crippen LogP contribution in [0.25, 0.3) is 0 Å². The SMILES string of the molecule is COC(=O)c1sccc1S(=O)(=O)N(Cc1ccccc1)C1CC1. The Balaban J connectivity index is 1.96. The molecule has 1 fully saturated rings. The summed E-state index contributed by atoms with van der Waals surface area (Å²) in [6.45, 7) is 0.310. The molecule has 0 N–H and O–H groups in total. The Bertz CT molecular complexity index is 794. The Morgan fingerprint density at radius 3 is 2.57 bits per heavy atom. The largest absolute Gasteiger partial charge is 0.465 e. The fourth-order valence-electron chi connectivity index (χ4n) is 2.40. The highest BCUT2D eigenvalue weighted by molar-refractivity contribution is 7.89. The van der Waals surface area contributed by atoms with Gasteiger partial charge in [0, 0.05) is 12.6 Å². The van der Waals surface area contributed by atoms with Gasteiger partial charge in [-0.2, -0.15) is 4.31 Å². The van der Waals surface area contributed by atoms with Gasteiger partial charge in [0.1, 0.15) is 9.77 Å². The maximum Gasteiger partial charge on any atom is 0.349 e. The van der Waals surface area contributed by atoms with Crippen molar-refractivity contribution in [1.29, 1.82) is 0 Å². The summed E-state index contributed by atoms with van der Waals surface area (Å²) in [5, 5.41) is 1.60. The minimum absolute atomic E-state index is 0.00519. The molecule has 1 saturated carbocycles. The van der Waals surface area contributed by atoms with Crippen molar-refractivity contribution in [2.24, 2.45) is 0 Å². The quantitative estimate of drug-likeness (QED) is 0.751. The molecule has 0 bridgehead atoms. The number of hydrogen-bond donors (Lipinski definition) is 0. The van der Waals surface area contributed by atoms with E-state index in [-0.39, 0.29) is 15.8 Å². The zero-order valence-electron chi connectivity index (χ0n) is 12.6. The summed E-state index contributed by atoms with van der Waals surface area (Å²) in [5.41, 5.74) is 0.929. The van der Waals surface area contributed by atoms with E-state index in [1.807, 2.05) is 30.3 Å². The zero-order valence-corrected chi connectivity index (χ0v) is 14.3. The third-order valence-corrected chi connectivity index (χ3v) is 6.69. The number of nitrogens with zero attached hydrogens (tertiary/aromatic N) is 1. The van der Waals surface area contributed by atoms with Crippen LogP contribution < -0.4 is 0 Å². The number of thiophene rings is 1. The van der Waals surface area contributed by atoms with E-state index in [9.17, 15) is 13.2 Å². The van der Waals surface area contributed by atoms with Gasteiger partial charge in [-0.25, -0.2) is 13.2 Å². The lowest BCUT2D eigenvalue weighted by Gasteiger charge is -2.22. The fraction of sp³-hybridized carbons (Fsp3) is 0.312. The van der Waals surface area contributed by atoms with Gasteiger partial charge in [-0.3, -0.25) is 0 Å². The van der Waals surface area contributed by atoms with Crippen LogP contribution in [0.4, 0.5) is 0 Å². The first-order valence-electron chi connectivity index (χ1n) is 7.25. The average molecular weight is 351 g/mol. The van der Waals surface area contributed by atoms with Crippen LogP contribution >= 0.6 is 11.3 Å². The van der Waals surface area contributed by atoms with Gasteiger partial charge < -0.3 is 4.74 Å². The molecule has 2 aromatic rings. The lowest BCUT2D eigenvalue weighted by molar-refractivity contribution is 0.0602. The van der Waals surface area contributed by atoms with E-state index in [0.717, 1.165) is 29.7 Å². The summed E-state index contributed by atoms with van der Waals surface area (Å²) in [7, 11) is -2.48. The number of rotatable bonds is 6. The second-order valence-corrected chi connectivity index (χ2v) is 8.15. The van der Waals surface area contributed by atoms with Gasteiger partial charge >= 0.3 is 5.97 Å². The van der Waals surface area contributed by atoms with Crippen LogP contribution in [-0.2, 0) is 21.3 Å². The van der Waals surface area contributed by atoms with Crippen LogP contribution in [0.5, 0.6) is 0 Å². The summed E-state index contributed by atoms with van der Waals surface area (Å²) in [5.74, 6) is -0.617. The number of hydrogen-bond acceptors (Lipinski definition) is 5. The molecule has 0 spiro atoms. The van der Waals surface area contributed by atoms with Crippen LogP contribution in [-0.4, -0.2) is 31.8 Å². The molecule has 122 valence electrons. The molecular formula is C16H17NO4S2. The van der Waals surface area contributed by atoms with Crippen molar-refractivity contribution in [2.75, 3.05) is 7.11 Å². The van der Waals surface area contributed by atoms with E-state index < -0.39 is 16.0 Å². The normalized spacial score (nSPS) is 14.9. The molecule has 0 saturated heterocycles. The van der Waals surface area contributed by atoms with Crippen molar-refractivity contribution in [3.05, 3.63) is 52.2 Å². The summed E-state index contributed by atoms with van der Waals surface area (Å²) < 4.78 is 32.3. The minimum Gasteiger partial charge on any atom is -0.465 e. The zero-order chi connectivity index (χ0) is 16.4. The molecule has 0 amide bonds. The molecule has 1 aromatic heterocycles. The summed E-state index contributed by atoms with van der Waals surface area (Å²) in [6, 6.07) is 11.0. The van der Waals surface area contributed by atoms with Gasteiger partial charge in [0.15, 0.2) is 0 Å². The van der Waals surface area contributed by atoms with Gasteiger partial charge in [0.2, 0.25) is 10.0 Å². The van der Waals surface area contributed by atoms with Gasteiger partial charge in [0.05, 0.1) is 7.11 Å². The van der Waals surface area contributed by atoms with Crippen molar-refractivity contribution < 1.29 is 17.9 Å². The van der Waals surface area contributed by atoms with Crippen molar-refractivity contribution in [1.82, 2.24) is 4.31 Å². The Hall–Kier alpha value is -1.70. The molecular weight excluding hydrogens is 334 g/mol. The topological polar surface area (TPSA) is 63.7 Å². The second kappa shape index (κ2) is 6.43. The number of esters is 1. The van der Waals surface area contributed by atoms with Gasteiger partial charge in [-0.1, -0.05) is 30.3 Å². The molecule has 1 aliphatic rings. The Kier molecular flexibility index (Phi) is 4.52. The van der Waals surface area contributed by atoms with Crippen molar-refractivity contribution in [2.45, 2.75) is 30.3 Å². The average Bonchev–Trinajstić information content (AvgIpc) is 3.27. The van der Waals surface area contributed by atoms with Crippen molar-refractivity contribution in [3.8, 4) is 0 Å². The molecule has 5 nitrogen and oxygen atoms in total. The van der Waals surface area contributed by atoms with Crippen LogP contribution in [0.3, 0.4) is 0 Å². The third kappa shape index (κ3) is 3.31. The first-order chi connectivity index (χ1) is 11.0. The standard InChI is InChI=1S/C16H17NO4S2/c1-21-16(18)15-14(9-10-22-15)23(19,20)17(13-7-8-13)11-12-5-3-2-4-6-12/h2-6,9-10,13H,7-8,11H2,1H3. The first-order valence-corrected chi connectivity index (χ1v) is 9.57. The third-order valence-electron chi connectivity index (χ3n) is 3.72. The highest BCUT2D eigenvalue weighted by atomic mass is 32.2. The van der Waals surface area contributed by atoms with Crippen LogP contribution in [0.2, 0.25) is 0 Å². The van der Waals surface area contributed by atoms with Crippen molar-refractivity contribution >= 4 is 27.3 Å². The maximum atomic E-state index is 13.0. The van der Waals surface area contributed by atoms with E-state index in [1.165, 1.54) is 17.5 Å². The fourth-order valence-corrected chi connectivity index (χ4v) is 5.39. The minimum atomic E-state index is -3.74. The number of carbonyl (C=O) groups excluding carboxylic acids is 1. The summed E-state index contributed by atoms with van der Waals surface area (Å²) >= 11 is 1.08. The number of methoxy groups -OCH3 is 1. The van der Waals surface area contributed by atoms with Crippen molar-refractivity contribution in [3.63, 3.8) is 0 Å². The molecule has 1 aromatic carbocycles. The molecule has 1 heterocycles. The predicted octanol–water partition coefficient (Wildman–Crippen LogP) is 2.89. The molecule has 0 unspecified atom stereocenters. The van der Waals surface area contributed by atoms with Crippen LogP contribution in [0, 0.1) is 0 Å². The Morgan fingerprint density at radius 2 is 1.96 bits per heavy atom. The van der Waals surface area contributed by atoms with Gasteiger partial charge in [-0.15, -0.1) is 11.3 Å². The lowest BCUT2D eigenvalue weighted by atomic mass is 10.2. The Morgan fingerprint density at radius 1 is 1.26 bits per heavy atom. The highest BCUT2D eigenvalue weighted by Crippen LogP contribution is 2.35. The number of benzene rings is 1. The number of sulfonamides is 1. The molecule has 1 aliphatic carbocycles. The van der Waals surface area contributed by atoms with E-state index >= 15 is 0 Å². The molecule has 3 rings (SSSR count). The molecule has 0 radical (unpaired) electrons. The first kappa shape index (κ1) is 16.2. The lowest BCUT2D eigenvalue weighted by Crippen LogP contribution is -2.33. The number of carbonyl (C=O) groups is 1.